The highest BCUT2D eigenvalue weighted by molar-refractivity contribution is 5.84. The fourth-order valence-corrected chi connectivity index (χ4v) is 2.83. The Balaban J connectivity index is 1.75. The van der Waals surface area contributed by atoms with Crippen LogP contribution in [0, 0.1) is 5.82 Å². The molecule has 0 aliphatic carbocycles. The van der Waals surface area contributed by atoms with Gasteiger partial charge in [-0.2, -0.15) is 0 Å². The molecule has 0 spiro atoms. The summed E-state index contributed by atoms with van der Waals surface area (Å²) in [6.07, 6.45) is 3.82. The predicted molar refractivity (Wildman–Crippen MR) is 96.3 cm³/mol. The van der Waals surface area contributed by atoms with Gasteiger partial charge in [-0.3, -0.25) is 9.78 Å². The molecule has 0 atom stereocenters. The molecule has 1 heterocycles. The number of aromatic nitrogens is 1. The fourth-order valence-electron chi connectivity index (χ4n) is 2.83. The topological polar surface area (TPSA) is 59.2 Å². The molecule has 0 unspecified atom stereocenters. The number of nitrogens with two attached hydrogens (primary N) is 1. The van der Waals surface area contributed by atoms with Crippen LogP contribution in [-0.4, -0.2) is 28.9 Å². The van der Waals surface area contributed by atoms with Crippen molar-refractivity contribution in [3.63, 3.8) is 0 Å². The van der Waals surface area contributed by atoms with Gasteiger partial charge in [-0.15, -0.1) is 0 Å². The second-order valence-corrected chi connectivity index (χ2v) is 5.97. The van der Waals surface area contributed by atoms with Crippen LogP contribution in [0.2, 0.25) is 0 Å². The molecule has 3 rings (SSSR count). The molecule has 0 aliphatic heterocycles. The number of hydrogen-bond donors (Lipinski definition) is 1. The van der Waals surface area contributed by atoms with Gasteiger partial charge in [0.2, 0.25) is 5.91 Å². The normalized spacial score (nSPS) is 10.8. The maximum atomic E-state index is 13.4. The van der Waals surface area contributed by atoms with Crippen molar-refractivity contribution in [1.82, 2.24) is 9.88 Å². The molecule has 25 heavy (non-hydrogen) atoms. The average Bonchev–Trinajstić information content (AvgIpc) is 2.61. The number of pyridine rings is 1. The molecule has 0 radical (unpaired) electrons. The Morgan fingerprint density at radius 2 is 1.96 bits per heavy atom. The van der Waals surface area contributed by atoms with Crippen LogP contribution < -0.4 is 5.73 Å². The van der Waals surface area contributed by atoms with E-state index in [1.807, 2.05) is 30.3 Å². The van der Waals surface area contributed by atoms with Gasteiger partial charge >= 0.3 is 0 Å². The SMILES string of the molecule is NCCN(Cc1cccc(F)c1)C(=O)Cc1ccc2cnccc2c1. The summed E-state index contributed by atoms with van der Waals surface area (Å²) in [4.78, 5) is 18.5. The molecule has 5 heteroatoms. The minimum atomic E-state index is -0.305. The third kappa shape index (κ3) is 4.39. The van der Waals surface area contributed by atoms with Crippen LogP contribution in [0.4, 0.5) is 4.39 Å². The summed E-state index contributed by atoms with van der Waals surface area (Å²) in [6.45, 7) is 1.16. The van der Waals surface area contributed by atoms with Crippen molar-refractivity contribution in [2.24, 2.45) is 5.73 Å². The zero-order valence-electron chi connectivity index (χ0n) is 13.9. The predicted octanol–water partition coefficient (Wildman–Crippen LogP) is 2.90. The lowest BCUT2D eigenvalue weighted by atomic mass is 10.1. The Morgan fingerprint density at radius 3 is 2.76 bits per heavy atom. The van der Waals surface area contributed by atoms with Gasteiger partial charge in [0.15, 0.2) is 0 Å². The Labute approximate surface area is 146 Å². The van der Waals surface area contributed by atoms with E-state index >= 15 is 0 Å². The summed E-state index contributed by atoms with van der Waals surface area (Å²) in [6, 6.07) is 14.1. The Bertz CT molecular complexity index is 881. The smallest absolute Gasteiger partial charge is 0.227 e. The number of nitrogens with zero attached hydrogens (tertiary/aromatic N) is 2. The molecule has 3 aromatic rings. The monoisotopic (exact) mass is 337 g/mol. The first-order chi connectivity index (χ1) is 12.2. The Morgan fingerprint density at radius 1 is 1.08 bits per heavy atom. The van der Waals surface area contributed by atoms with Gasteiger partial charge in [0, 0.05) is 37.4 Å². The van der Waals surface area contributed by atoms with E-state index in [9.17, 15) is 9.18 Å². The summed E-state index contributed by atoms with van der Waals surface area (Å²) >= 11 is 0. The summed E-state index contributed by atoms with van der Waals surface area (Å²) in [5, 5.41) is 2.09. The van der Waals surface area contributed by atoms with E-state index in [1.165, 1.54) is 12.1 Å². The molecular weight excluding hydrogens is 317 g/mol. The molecule has 2 N–H and O–H groups in total. The standard InChI is InChI=1S/C20H20FN3O/c21-19-3-1-2-16(11-19)14-24(9-7-22)20(25)12-15-4-5-18-13-23-8-6-17(18)10-15/h1-6,8,10-11,13H,7,9,12,14,22H2. The minimum absolute atomic E-state index is 0.0249. The molecule has 0 fully saturated rings. The highest BCUT2D eigenvalue weighted by Gasteiger charge is 2.14. The number of fused-ring (bicyclic) bond motifs is 1. The summed E-state index contributed by atoms with van der Waals surface area (Å²) in [5.41, 5.74) is 7.33. The van der Waals surface area contributed by atoms with E-state index in [4.69, 9.17) is 5.73 Å². The largest absolute Gasteiger partial charge is 0.337 e. The molecule has 128 valence electrons. The maximum Gasteiger partial charge on any atom is 0.227 e. The van der Waals surface area contributed by atoms with Crippen LogP contribution in [0.5, 0.6) is 0 Å². The molecule has 1 amide bonds. The third-order valence-electron chi connectivity index (χ3n) is 4.07. The summed E-state index contributed by atoms with van der Waals surface area (Å²) in [7, 11) is 0. The number of halogens is 1. The number of amides is 1. The van der Waals surface area contributed by atoms with Gasteiger partial charge in [-0.05, 0) is 34.7 Å². The van der Waals surface area contributed by atoms with Gasteiger partial charge < -0.3 is 10.6 Å². The first-order valence-electron chi connectivity index (χ1n) is 8.20. The summed E-state index contributed by atoms with van der Waals surface area (Å²) in [5.74, 6) is -0.330. The zero-order valence-corrected chi connectivity index (χ0v) is 13.9. The van der Waals surface area contributed by atoms with Crippen molar-refractivity contribution in [2.45, 2.75) is 13.0 Å². The van der Waals surface area contributed by atoms with Crippen molar-refractivity contribution >= 4 is 16.7 Å². The fraction of sp³-hybridized carbons (Fsp3) is 0.200. The zero-order chi connectivity index (χ0) is 17.6. The van der Waals surface area contributed by atoms with Crippen LogP contribution in [0.25, 0.3) is 10.8 Å². The lowest BCUT2D eigenvalue weighted by molar-refractivity contribution is -0.131. The Kier molecular flexibility index (Phi) is 5.36. The van der Waals surface area contributed by atoms with Crippen molar-refractivity contribution in [3.05, 3.63) is 77.9 Å². The Hall–Kier alpha value is -2.79. The molecule has 0 saturated carbocycles. The van der Waals surface area contributed by atoms with Crippen LogP contribution in [-0.2, 0) is 17.8 Å². The third-order valence-corrected chi connectivity index (χ3v) is 4.07. The lowest BCUT2D eigenvalue weighted by Crippen LogP contribution is -2.35. The van der Waals surface area contributed by atoms with Gasteiger partial charge in [0.1, 0.15) is 5.82 Å². The van der Waals surface area contributed by atoms with E-state index in [0.717, 1.165) is 21.9 Å². The summed E-state index contributed by atoms with van der Waals surface area (Å²) < 4.78 is 13.4. The van der Waals surface area contributed by atoms with Gasteiger partial charge in [0.25, 0.3) is 0 Å². The molecule has 1 aromatic heterocycles. The minimum Gasteiger partial charge on any atom is -0.337 e. The lowest BCUT2D eigenvalue weighted by Gasteiger charge is -2.22. The average molecular weight is 337 g/mol. The first-order valence-corrected chi connectivity index (χ1v) is 8.20. The number of carbonyl (C=O) groups is 1. The van der Waals surface area contributed by atoms with E-state index in [-0.39, 0.29) is 18.1 Å². The molecular formula is C20H20FN3O. The molecule has 4 nitrogen and oxygen atoms in total. The second kappa shape index (κ2) is 7.85. The molecule has 0 aliphatic rings. The van der Waals surface area contributed by atoms with E-state index in [2.05, 4.69) is 4.98 Å². The van der Waals surface area contributed by atoms with Crippen LogP contribution in [0.15, 0.2) is 60.9 Å². The highest BCUT2D eigenvalue weighted by atomic mass is 19.1. The van der Waals surface area contributed by atoms with E-state index in [1.54, 1.807) is 23.4 Å². The number of hydrogen-bond acceptors (Lipinski definition) is 3. The number of rotatable bonds is 6. The van der Waals surface area contributed by atoms with Crippen molar-refractivity contribution in [2.75, 3.05) is 13.1 Å². The quantitative estimate of drug-likeness (QED) is 0.752. The molecule has 2 aromatic carbocycles. The van der Waals surface area contributed by atoms with E-state index < -0.39 is 0 Å². The van der Waals surface area contributed by atoms with Crippen molar-refractivity contribution in [3.8, 4) is 0 Å². The van der Waals surface area contributed by atoms with E-state index in [0.29, 0.717) is 19.6 Å². The number of benzene rings is 2. The highest BCUT2D eigenvalue weighted by Crippen LogP contribution is 2.16. The molecule has 0 bridgehead atoms. The van der Waals surface area contributed by atoms with Crippen LogP contribution in [0.3, 0.4) is 0 Å². The van der Waals surface area contributed by atoms with Crippen molar-refractivity contribution in [1.29, 1.82) is 0 Å². The first kappa shape index (κ1) is 17.0. The second-order valence-electron chi connectivity index (χ2n) is 5.97. The van der Waals surface area contributed by atoms with Gasteiger partial charge in [-0.25, -0.2) is 4.39 Å². The molecule has 0 saturated heterocycles. The maximum absolute atomic E-state index is 13.4. The van der Waals surface area contributed by atoms with Crippen molar-refractivity contribution < 1.29 is 9.18 Å². The van der Waals surface area contributed by atoms with Crippen LogP contribution >= 0.6 is 0 Å². The number of carbonyl (C=O) groups excluding carboxylic acids is 1. The van der Waals surface area contributed by atoms with Gasteiger partial charge in [0.05, 0.1) is 6.42 Å². The van der Waals surface area contributed by atoms with Crippen LogP contribution in [0.1, 0.15) is 11.1 Å². The van der Waals surface area contributed by atoms with Gasteiger partial charge in [-0.1, -0.05) is 30.3 Å².